The first kappa shape index (κ1) is 21.0. The maximum Gasteiger partial charge on any atom is 0.325 e. The molecule has 0 bridgehead atoms. The third-order valence-corrected chi connectivity index (χ3v) is 6.27. The molecule has 4 amide bonds. The lowest BCUT2D eigenvalue weighted by atomic mass is 9.91. The molecule has 3 heterocycles. The monoisotopic (exact) mass is 449 g/mol. The van der Waals surface area contributed by atoms with E-state index < -0.39 is 17.5 Å². The minimum Gasteiger partial charge on any atom is -0.486 e. The van der Waals surface area contributed by atoms with E-state index in [1.165, 1.54) is 0 Å². The van der Waals surface area contributed by atoms with Crippen LogP contribution >= 0.6 is 0 Å². The van der Waals surface area contributed by atoms with E-state index in [1.807, 2.05) is 0 Å². The van der Waals surface area contributed by atoms with E-state index in [2.05, 4.69) is 5.32 Å². The molecule has 3 aliphatic rings. The number of urea groups is 1. The Hall–Kier alpha value is -3.88. The van der Waals surface area contributed by atoms with E-state index in [1.54, 1.807) is 54.3 Å². The molecule has 0 radical (unpaired) electrons. The zero-order chi connectivity index (χ0) is 23.2. The van der Waals surface area contributed by atoms with Gasteiger partial charge >= 0.3 is 6.03 Å². The molecular weight excluding hydrogens is 426 g/mol. The van der Waals surface area contributed by atoms with Gasteiger partial charge in [-0.25, -0.2) is 4.79 Å². The first-order chi connectivity index (χ1) is 15.9. The number of benzene rings is 2. The molecule has 0 spiro atoms. The average Bonchev–Trinajstić information content (AvgIpc) is 3.35. The third-order valence-electron chi connectivity index (χ3n) is 6.27. The zero-order valence-electron chi connectivity index (χ0n) is 18.1. The van der Waals surface area contributed by atoms with Crippen LogP contribution < -0.4 is 19.7 Å². The molecule has 2 saturated heterocycles. The van der Waals surface area contributed by atoms with Crippen LogP contribution in [-0.4, -0.2) is 54.8 Å². The highest BCUT2D eigenvalue weighted by Crippen LogP contribution is 2.37. The summed E-state index contributed by atoms with van der Waals surface area (Å²) in [5, 5.41) is 2.71. The van der Waals surface area contributed by atoms with Gasteiger partial charge in [-0.3, -0.25) is 19.3 Å². The van der Waals surface area contributed by atoms with E-state index in [4.69, 9.17) is 9.47 Å². The molecule has 1 N–H and O–H groups in total. The predicted octanol–water partition coefficient (Wildman–Crippen LogP) is 2.23. The van der Waals surface area contributed by atoms with Crippen LogP contribution in [0.3, 0.4) is 0 Å². The fourth-order valence-corrected chi connectivity index (χ4v) is 4.37. The second-order valence-corrected chi connectivity index (χ2v) is 8.42. The second kappa shape index (κ2) is 7.91. The molecule has 1 atom stereocenters. The SMILES string of the molecule is CC1(c2ccc3c(c2)OCCO3)NC(=O)N(CC(=O)c2ccc(N3CCCC3=O)cc2)C1=O. The van der Waals surface area contributed by atoms with Gasteiger partial charge in [-0.05, 0) is 55.3 Å². The fourth-order valence-electron chi connectivity index (χ4n) is 4.37. The van der Waals surface area contributed by atoms with Gasteiger partial charge in [0.25, 0.3) is 5.91 Å². The molecule has 2 aromatic rings. The van der Waals surface area contributed by atoms with Crippen molar-refractivity contribution in [1.82, 2.24) is 10.2 Å². The van der Waals surface area contributed by atoms with Crippen LogP contribution in [0.4, 0.5) is 10.5 Å². The molecule has 1 unspecified atom stereocenters. The number of anilines is 1. The number of carbonyl (C=O) groups excluding carboxylic acids is 4. The molecule has 2 aromatic carbocycles. The average molecular weight is 449 g/mol. The van der Waals surface area contributed by atoms with Crippen molar-refractivity contribution in [2.75, 3.05) is 31.2 Å². The number of carbonyl (C=O) groups is 4. The molecule has 9 nitrogen and oxygen atoms in total. The topological polar surface area (TPSA) is 105 Å². The van der Waals surface area contributed by atoms with Crippen molar-refractivity contribution in [2.45, 2.75) is 25.3 Å². The van der Waals surface area contributed by atoms with E-state index in [9.17, 15) is 19.2 Å². The van der Waals surface area contributed by atoms with Gasteiger partial charge in [0.1, 0.15) is 18.8 Å². The number of Topliss-reactive ketones (excluding diaryl/α,β-unsaturated/α-hetero) is 1. The van der Waals surface area contributed by atoms with Crippen LogP contribution in [0.15, 0.2) is 42.5 Å². The number of rotatable bonds is 5. The van der Waals surface area contributed by atoms with E-state index in [0.717, 1.165) is 17.0 Å². The number of imide groups is 1. The quantitative estimate of drug-likeness (QED) is 0.555. The Morgan fingerprint density at radius 2 is 1.76 bits per heavy atom. The lowest BCUT2D eigenvalue weighted by molar-refractivity contribution is -0.130. The van der Waals surface area contributed by atoms with Gasteiger partial charge in [-0.2, -0.15) is 0 Å². The predicted molar refractivity (Wildman–Crippen MR) is 117 cm³/mol. The van der Waals surface area contributed by atoms with Crippen molar-refractivity contribution in [3.63, 3.8) is 0 Å². The highest BCUT2D eigenvalue weighted by molar-refractivity contribution is 6.11. The first-order valence-electron chi connectivity index (χ1n) is 10.8. The maximum atomic E-state index is 13.2. The lowest BCUT2D eigenvalue weighted by Crippen LogP contribution is -2.41. The van der Waals surface area contributed by atoms with Crippen LogP contribution in [-0.2, 0) is 15.1 Å². The Kier molecular flexibility index (Phi) is 5.03. The lowest BCUT2D eigenvalue weighted by Gasteiger charge is -2.25. The molecular formula is C24H23N3O6. The molecule has 2 fully saturated rings. The van der Waals surface area contributed by atoms with Gasteiger partial charge in [-0.15, -0.1) is 0 Å². The van der Waals surface area contributed by atoms with Crippen LogP contribution in [0.1, 0.15) is 35.7 Å². The van der Waals surface area contributed by atoms with Gasteiger partial charge < -0.3 is 19.7 Å². The number of nitrogens with zero attached hydrogens (tertiary/aromatic N) is 2. The van der Waals surface area contributed by atoms with Crippen molar-refractivity contribution in [1.29, 1.82) is 0 Å². The van der Waals surface area contributed by atoms with Crippen LogP contribution in [0, 0.1) is 0 Å². The summed E-state index contributed by atoms with van der Waals surface area (Å²) >= 11 is 0. The van der Waals surface area contributed by atoms with E-state index in [0.29, 0.717) is 48.8 Å². The van der Waals surface area contributed by atoms with Crippen LogP contribution in [0.2, 0.25) is 0 Å². The molecule has 0 aliphatic carbocycles. The van der Waals surface area contributed by atoms with Crippen LogP contribution in [0.5, 0.6) is 11.5 Å². The molecule has 170 valence electrons. The molecule has 33 heavy (non-hydrogen) atoms. The Balaban J connectivity index is 1.32. The summed E-state index contributed by atoms with van der Waals surface area (Å²) in [6.45, 7) is 2.73. The molecule has 3 aliphatic heterocycles. The van der Waals surface area contributed by atoms with Gasteiger partial charge in [0.05, 0.1) is 6.54 Å². The zero-order valence-corrected chi connectivity index (χ0v) is 18.1. The minimum atomic E-state index is -1.33. The van der Waals surface area contributed by atoms with Gasteiger partial charge in [0.2, 0.25) is 5.91 Å². The van der Waals surface area contributed by atoms with E-state index >= 15 is 0 Å². The molecule has 0 saturated carbocycles. The highest BCUT2D eigenvalue weighted by atomic mass is 16.6. The summed E-state index contributed by atoms with van der Waals surface area (Å²) in [6, 6.07) is 11.1. The van der Waals surface area contributed by atoms with Crippen molar-refractivity contribution in [3.8, 4) is 11.5 Å². The second-order valence-electron chi connectivity index (χ2n) is 8.42. The largest absolute Gasteiger partial charge is 0.486 e. The summed E-state index contributed by atoms with van der Waals surface area (Å²) in [4.78, 5) is 53.2. The Bertz CT molecular complexity index is 1160. The normalized spacial score (nSPS) is 22.0. The smallest absolute Gasteiger partial charge is 0.325 e. The third kappa shape index (κ3) is 3.59. The fraction of sp³-hybridized carbons (Fsp3) is 0.333. The van der Waals surface area contributed by atoms with Gasteiger partial charge in [0, 0.05) is 24.2 Å². The van der Waals surface area contributed by atoms with Crippen molar-refractivity contribution >= 4 is 29.3 Å². The van der Waals surface area contributed by atoms with Crippen LogP contribution in [0.25, 0.3) is 0 Å². The first-order valence-corrected chi connectivity index (χ1v) is 10.8. The summed E-state index contributed by atoms with van der Waals surface area (Å²) in [7, 11) is 0. The number of hydrogen-bond acceptors (Lipinski definition) is 6. The highest BCUT2D eigenvalue weighted by Gasteiger charge is 2.49. The summed E-state index contributed by atoms with van der Waals surface area (Å²) in [6.07, 6.45) is 1.34. The Morgan fingerprint density at radius 1 is 1.03 bits per heavy atom. The molecule has 5 rings (SSSR count). The number of fused-ring (bicyclic) bond motifs is 1. The van der Waals surface area contributed by atoms with E-state index in [-0.39, 0.29) is 18.2 Å². The number of ether oxygens (including phenoxy) is 2. The maximum absolute atomic E-state index is 13.2. The number of hydrogen-bond donors (Lipinski definition) is 1. The summed E-state index contributed by atoms with van der Waals surface area (Å²) in [5.74, 6) is 0.262. The summed E-state index contributed by atoms with van der Waals surface area (Å²) in [5.41, 5.74) is 0.307. The molecule has 0 aromatic heterocycles. The Morgan fingerprint density at radius 3 is 2.45 bits per heavy atom. The van der Waals surface area contributed by atoms with Crippen molar-refractivity contribution in [3.05, 3.63) is 53.6 Å². The number of nitrogens with one attached hydrogen (secondary N) is 1. The standard InChI is InChI=1S/C24H23N3O6/c1-24(16-6-9-19-20(13-16)33-12-11-32-19)22(30)27(23(31)25-24)14-18(28)15-4-7-17(8-5-15)26-10-2-3-21(26)29/h4-9,13H,2-3,10-12,14H2,1H3,(H,25,31). The Labute approximate surface area is 190 Å². The van der Waals surface area contributed by atoms with Gasteiger partial charge in [-0.1, -0.05) is 6.07 Å². The minimum absolute atomic E-state index is 0.0619. The van der Waals surface area contributed by atoms with Crippen molar-refractivity contribution < 1.29 is 28.7 Å². The number of amides is 4. The molecule has 9 heteroatoms. The number of ketones is 1. The summed E-state index contributed by atoms with van der Waals surface area (Å²) < 4.78 is 11.1. The van der Waals surface area contributed by atoms with Gasteiger partial charge in [0.15, 0.2) is 17.3 Å². The van der Waals surface area contributed by atoms with Crippen molar-refractivity contribution in [2.24, 2.45) is 0 Å².